The summed E-state index contributed by atoms with van der Waals surface area (Å²) in [5, 5.41) is 7.26. The van der Waals surface area contributed by atoms with Crippen molar-refractivity contribution in [1.29, 1.82) is 0 Å². The van der Waals surface area contributed by atoms with E-state index in [9.17, 15) is 13.6 Å². The number of nitrogens with zero attached hydrogens (tertiary/aromatic N) is 3. The molecule has 1 aromatic heterocycles. The summed E-state index contributed by atoms with van der Waals surface area (Å²) in [5.41, 5.74) is 1.15. The first kappa shape index (κ1) is 12.5. The van der Waals surface area contributed by atoms with E-state index in [1.807, 2.05) is 0 Å². The van der Waals surface area contributed by atoms with Crippen molar-refractivity contribution in [2.75, 3.05) is 26.2 Å². The quantitative estimate of drug-likeness (QED) is 0.785. The lowest BCUT2D eigenvalue weighted by molar-refractivity contribution is -0.263. The van der Waals surface area contributed by atoms with E-state index in [0.717, 1.165) is 17.1 Å². The number of ether oxygens (including phenoxy) is 1. The second-order valence-corrected chi connectivity index (χ2v) is 4.62. The second-order valence-electron chi connectivity index (χ2n) is 4.62. The molecule has 1 saturated heterocycles. The molecule has 2 aliphatic rings. The van der Waals surface area contributed by atoms with Gasteiger partial charge in [-0.15, -0.1) is 0 Å². The van der Waals surface area contributed by atoms with Crippen molar-refractivity contribution in [3.8, 4) is 0 Å². The molecule has 0 bridgehead atoms. The summed E-state index contributed by atoms with van der Waals surface area (Å²) in [7, 11) is 0. The molecule has 6 nitrogen and oxygen atoms in total. The topological polar surface area (TPSA) is 59.4 Å². The van der Waals surface area contributed by atoms with E-state index in [0.29, 0.717) is 18.7 Å². The van der Waals surface area contributed by atoms with Crippen LogP contribution in [0.2, 0.25) is 0 Å². The van der Waals surface area contributed by atoms with Crippen LogP contribution < -0.4 is 5.32 Å². The number of halogens is 2. The Morgan fingerprint density at radius 2 is 2.32 bits per heavy atom. The maximum Gasteiger partial charge on any atom is 0.373 e. The van der Waals surface area contributed by atoms with Crippen LogP contribution in [0.5, 0.6) is 0 Å². The minimum Gasteiger partial charge on any atom is -0.327 e. The Kier molecular flexibility index (Phi) is 2.98. The van der Waals surface area contributed by atoms with Crippen LogP contribution in [0.1, 0.15) is 16.1 Å². The standard InChI is InChI=1S/C11H14F2N4O2/c12-11(13)7-16(3-4-19-11)10(18)8-5-15-17-2-1-14-6-9(8)17/h5,14H,1-4,6-7H2. The summed E-state index contributed by atoms with van der Waals surface area (Å²) < 4.78 is 32.3. The molecule has 1 amide bonds. The summed E-state index contributed by atoms with van der Waals surface area (Å²) in [6.45, 7) is 1.32. The number of carbonyl (C=O) groups excluding carboxylic acids is 1. The molecule has 0 saturated carbocycles. The Balaban J connectivity index is 1.82. The van der Waals surface area contributed by atoms with E-state index in [1.54, 1.807) is 4.68 Å². The van der Waals surface area contributed by atoms with E-state index in [1.165, 1.54) is 6.20 Å². The molecule has 104 valence electrons. The minimum atomic E-state index is -3.26. The molecule has 0 atom stereocenters. The average molecular weight is 272 g/mol. The number of amides is 1. The second kappa shape index (κ2) is 4.53. The van der Waals surface area contributed by atoms with Crippen molar-refractivity contribution >= 4 is 5.91 Å². The van der Waals surface area contributed by atoms with Gasteiger partial charge in [-0.25, -0.2) is 0 Å². The monoisotopic (exact) mass is 272 g/mol. The maximum absolute atomic E-state index is 13.1. The summed E-state index contributed by atoms with van der Waals surface area (Å²) in [6.07, 6.45) is -1.81. The fourth-order valence-electron chi connectivity index (χ4n) is 2.36. The van der Waals surface area contributed by atoms with E-state index >= 15 is 0 Å². The molecule has 3 rings (SSSR count). The smallest absolute Gasteiger partial charge is 0.327 e. The molecule has 0 radical (unpaired) electrons. The number of hydrogen-bond acceptors (Lipinski definition) is 4. The fraction of sp³-hybridized carbons (Fsp3) is 0.636. The largest absolute Gasteiger partial charge is 0.373 e. The minimum absolute atomic E-state index is 0.152. The highest BCUT2D eigenvalue weighted by Gasteiger charge is 2.39. The normalized spacial score (nSPS) is 22.1. The van der Waals surface area contributed by atoms with Gasteiger partial charge in [0.1, 0.15) is 6.54 Å². The van der Waals surface area contributed by atoms with Crippen LogP contribution in [0.25, 0.3) is 0 Å². The average Bonchev–Trinajstić information content (AvgIpc) is 2.80. The first-order valence-electron chi connectivity index (χ1n) is 6.13. The van der Waals surface area contributed by atoms with Gasteiger partial charge in [0.05, 0.1) is 30.6 Å². The van der Waals surface area contributed by atoms with Gasteiger partial charge in [-0.2, -0.15) is 13.9 Å². The van der Waals surface area contributed by atoms with Gasteiger partial charge in [-0.1, -0.05) is 0 Å². The number of alkyl halides is 2. The molecule has 1 fully saturated rings. The van der Waals surface area contributed by atoms with Gasteiger partial charge in [0.25, 0.3) is 5.91 Å². The first-order valence-corrected chi connectivity index (χ1v) is 6.13. The van der Waals surface area contributed by atoms with Gasteiger partial charge in [-0.05, 0) is 0 Å². The van der Waals surface area contributed by atoms with Gasteiger partial charge in [0, 0.05) is 19.6 Å². The van der Waals surface area contributed by atoms with Crippen LogP contribution in [-0.4, -0.2) is 52.9 Å². The van der Waals surface area contributed by atoms with E-state index in [4.69, 9.17) is 0 Å². The lowest BCUT2D eigenvalue weighted by atomic mass is 10.2. The summed E-state index contributed by atoms with van der Waals surface area (Å²) >= 11 is 0. The zero-order chi connectivity index (χ0) is 13.5. The molecule has 2 aliphatic heterocycles. The lowest BCUT2D eigenvalue weighted by Gasteiger charge is -2.32. The number of rotatable bonds is 1. The Hall–Kier alpha value is -1.54. The van der Waals surface area contributed by atoms with E-state index < -0.39 is 18.6 Å². The van der Waals surface area contributed by atoms with Crippen molar-refractivity contribution in [1.82, 2.24) is 20.0 Å². The molecule has 0 aliphatic carbocycles. The van der Waals surface area contributed by atoms with Gasteiger partial charge in [0.15, 0.2) is 0 Å². The summed E-state index contributed by atoms with van der Waals surface area (Å²) in [5.74, 6) is -0.409. The van der Waals surface area contributed by atoms with Crippen LogP contribution in [0.3, 0.4) is 0 Å². The summed E-state index contributed by atoms with van der Waals surface area (Å²) in [4.78, 5) is 13.4. The zero-order valence-electron chi connectivity index (χ0n) is 10.2. The highest BCUT2D eigenvalue weighted by atomic mass is 19.3. The third-order valence-electron chi connectivity index (χ3n) is 3.31. The van der Waals surface area contributed by atoms with Crippen LogP contribution in [0, 0.1) is 0 Å². The van der Waals surface area contributed by atoms with Crippen molar-refractivity contribution in [3.63, 3.8) is 0 Å². The van der Waals surface area contributed by atoms with Crippen LogP contribution >= 0.6 is 0 Å². The van der Waals surface area contributed by atoms with Gasteiger partial charge in [-0.3, -0.25) is 9.48 Å². The van der Waals surface area contributed by atoms with Crippen molar-refractivity contribution < 1.29 is 18.3 Å². The highest BCUT2D eigenvalue weighted by Crippen LogP contribution is 2.23. The molecule has 0 aromatic carbocycles. The van der Waals surface area contributed by atoms with Crippen LogP contribution in [0.4, 0.5) is 8.78 Å². The van der Waals surface area contributed by atoms with Crippen molar-refractivity contribution in [3.05, 3.63) is 17.5 Å². The third-order valence-corrected chi connectivity index (χ3v) is 3.31. The lowest BCUT2D eigenvalue weighted by Crippen LogP contribution is -2.49. The first-order chi connectivity index (χ1) is 9.07. The Labute approximate surface area is 108 Å². The number of fused-ring (bicyclic) bond motifs is 1. The van der Waals surface area contributed by atoms with Gasteiger partial charge in [0.2, 0.25) is 0 Å². The number of morpholine rings is 1. The molecule has 0 unspecified atom stereocenters. The molecular formula is C11H14F2N4O2. The van der Waals surface area contributed by atoms with E-state index in [-0.39, 0.29) is 13.2 Å². The molecular weight excluding hydrogens is 258 g/mol. The Bertz CT molecular complexity index is 503. The van der Waals surface area contributed by atoms with Gasteiger partial charge < -0.3 is 15.0 Å². The van der Waals surface area contributed by atoms with Crippen LogP contribution in [-0.2, 0) is 17.8 Å². The predicted molar refractivity (Wildman–Crippen MR) is 60.7 cm³/mol. The van der Waals surface area contributed by atoms with Crippen LogP contribution in [0.15, 0.2) is 6.20 Å². The highest BCUT2D eigenvalue weighted by molar-refractivity contribution is 5.95. The Morgan fingerprint density at radius 1 is 1.47 bits per heavy atom. The maximum atomic E-state index is 13.1. The molecule has 3 heterocycles. The zero-order valence-corrected chi connectivity index (χ0v) is 10.2. The van der Waals surface area contributed by atoms with E-state index in [2.05, 4.69) is 15.2 Å². The molecule has 1 N–H and O–H groups in total. The SMILES string of the molecule is O=C(c1cnn2c1CNCC2)N1CCOC(F)(F)C1. The molecule has 8 heteroatoms. The summed E-state index contributed by atoms with van der Waals surface area (Å²) in [6, 6.07) is 0. The molecule has 0 spiro atoms. The van der Waals surface area contributed by atoms with Crippen molar-refractivity contribution in [2.45, 2.75) is 19.2 Å². The van der Waals surface area contributed by atoms with Crippen molar-refractivity contribution in [2.24, 2.45) is 0 Å². The molecule has 19 heavy (non-hydrogen) atoms. The van der Waals surface area contributed by atoms with Gasteiger partial charge >= 0.3 is 6.11 Å². The Morgan fingerprint density at radius 3 is 3.11 bits per heavy atom. The third kappa shape index (κ3) is 2.33. The number of aromatic nitrogens is 2. The number of carbonyl (C=O) groups is 1. The number of nitrogens with one attached hydrogen (secondary N) is 1. The predicted octanol–water partition coefficient (Wildman–Crippen LogP) is 0.0515. The number of hydrogen-bond donors (Lipinski definition) is 1. The fourth-order valence-corrected chi connectivity index (χ4v) is 2.36. The molecule has 1 aromatic rings.